The zero-order valence-electron chi connectivity index (χ0n) is 11.5. The van der Waals surface area contributed by atoms with Crippen molar-refractivity contribution in [2.75, 3.05) is 22.7 Å². The van der Waals surface area contributed by atoms with Crippen LogP contribution in [0.15, 0.2) is 24.3 Å². The third-order valence-electron chi connectivity index (χ3n) is 3.50. The molecule has 1 aromatic rings. The molecule has 1 aliphatic rings. The first-order chi connectivity index (χ1) is 9.53. The topological polar surface area (TPSA) is 73.2 Å². The van der Waals surface area contributed by atoms with Crippen molar-refractivity contribution in [2.45, 2.75) is 31.4 Å². The van der Waals surface area contributed by atoms with Gasteiger partial charge in [-0.1, -0.05) is 0 Å². The Balaban J connectivity index is 2.07. The molecule has 2 rings (SSSR count). The molecule has 1 N–H and O–H groups in total. The Morgan fingerprint density at radius 3 is 2.35 bits per heavy atom. The number of hydrogen-bond donors (Lipinski definition) is 1. The lowest BCUT2D eigenvalue weighted by Crippen LogP contribution is -2.29. The first-order valence-corrected chi connectivity index (χ1v) is 8.34. The van der Waals surface area contributed by atoms with Crippen molar-refractivity contribution in [3.8, 4) is 6.07 Å². The van der Waals surface area contributed by atoms with Gasteiger partial charge in [0.2, 0.25) is 10.0 Å². The van der Waals surface area contributed by atoms with Crippen LogP contribution in [0.5, 0.6) is 0 Å². The van der Waals surface area contributed by atoms with Gasteiger partial charge in [-0.2, -0.15) is 5.26 Å². The standard InChI is InChI=1S/C14H19N3O2S/c1-12(11-15)20(18,19)16-13-5-7-14(8-6-13)17-9-3-2-4-10-17/h5-8,12,16H,2-4,9-10H2,1H3. The van der Waals surface area contributed by atoms with E-state index in [2.05, 4.69) is 9.62 Å². The van der Waals surface area contributed by atoms with Crippen molar-refractivity contribution in [1.82, 2.24) is 0 Å². The molecule has 0 aliphatic carbocycles. The van der Waals surface area contributed by atoms with E-state index in [1.54, 1.807) is 18.2 Å². The fraction of sp³-hybridized carbons (Fsp3) is 0.500. The zero-order chi connectivity index (χ0) is 14.6. The minimum absolute atomic E-state index is 0.493. The van der Waals surface area contributed by atoms with Crippen LogP contribution in [0.25, 0.3) is 0 Å². The van der Waals surface area contributed by atoms with E-state index < -0.39 is 15.3 Å². The molecule has 1 fully saturated rings. The van der Waals surface area contributed by atoms with Gasteiger partial charge >= 0.3 is 0 Å². The van der Waals surface area contributed by atoms with E-state index in [4.69, 9.17) is 5.26 Å². The number of nitriles is 1. The largest absolute Gasteiger partial charge is 0.372 e. The number of nitrogens with one attached hydrogen (secondary N) is 1. The number of benzene rings is 1. The SMILES string of the molecule is CC(C#N)S(=O)(=O)Nc1ccc(N2CCCCC2)cc1. The summed E-state index contributed by atoms with van der Waals surface area (Å²) >= 11 is 0. The molecule has 1 aliphatic heterocycles. The summed E-state index contributed by atoms with van der Waals surface area (Å²) in [7, 11) is -3.63. The molecule has 0 aromatic heterocycles. The van der Waals surface area contributed by atoms with Gasteiger partial charge in [0, 0.05) is 24.5 Å². The molecule has 6 heteroatoms. The van der Waals surface area contributed by atoms with Crippen LogP contribution in [0, 0.1) is 11.3 Å². The van der Waals surface area contributed by atoms with Gasteiger partial charge in [-0.25, -0.2) is 8.42 Å². The van der Waals surface area contributed by atoms with Crippen LogP contribution in [0.3, 0.4) is 0 Å². The fourth-order valence-electron chi connectivity index (χ4n) is 2.21. The van der Waals surface area contributed by atoms with Crippen LogP contribution >= 0.6 is 0 Å². The Hall–Kier alpha value is -1.74. The van der Waals surface area contributed by atoms with Crippen LogP contribution in [0.1, 0.15) is 26.2 Å². The Morgan fingerprint density at radius 1 is 1.20 bits per heavy atom. The van der Waals surface area contributed by atoms with Gasteiger partial charge in [-0.3, -0.25) is 4.72 Å². The second kappa shape index (κ2) is 6.14. The van der Waals surface area contributed by atoms with Crippen molar-refractivity contribution in [3.05, 3.63) is 24.3 Å². The quantitative estimate of drug-likeness (QED) is 0.924. The van der Waals surface area contributed by atoms with Crippen LogP contribution < -0.4 is 9.62 Å². The van der Waals surface area contributed by atoms with Crippen LogP contribution in [0.2, 0.25) is 0 Å². The fourth-order valence-corrected chi connectivity index (χ4v) is 2.99. The number of hydrogen-bond acceptors (Lipinski definition) is 4. The lowest BCUT2D eigenvalue weighted by molar-refractivity contribution is 0.578. The minimum Gasteiger partial charge on any atom is -0.372 e. The second-order valence-corrected chi connectivity index (χ2v) is 7.01. The van der Waals surface area contributed by atoms with E-state index in [-0.39, 0.29) is 0 Å². The van der Waals surface area contributed by atoms with E-state index in [0.717, 1.165) is 18.8 Å². The Bertz CT molecular complexity index is 584. The third kappa shape index (κ3) is 3.42. The molecule has 5 nitrogen and oxygen atoms in total. The first-order valence-electron chi connectivity index (χ1n) is 6.79. The van der Waals surface area contributed by atoms with Crippen molar-refractivity contribution in [3.63, 3.8) is 0 Å². The van der Waals surface area contributed by atoms with Gasteiger partial charge in [0.15, 0.2) is 5.25 Å². The van der Waals surface area contributed by atoms with Gasteiger partial charge < -0.3 is 4.90 Å². The zero-order valence-corrected chi connectivity index (χ0v) is 12.4. The maximum atomic E-state index is 11.8. The summed E-state index contributed by atoms with van der Waals surface area (Å²) in [5.74, 6) is 0. The highest BCUT2D eigenvalue weighted by molar-refractivity contribution is 7.93. The minimum atomic E-state index is -3.63. The van der Waals surface area contributed by atoms with Gasteiger partial charge in [-0.15, -0.1) is 0 Å². The number of anilines is 2. The van der Waals surface area contributed by atoms with E-state index in [0.29, 0.717) is 5.69 Å². The molecule has 0 amide bonds. The highest BCUT2D eigenvalue weighted by Crippen LogP contribution is 2.22. The van der Waals surface area contributed by atoms with E-state index in [9.17, 15) is 8.42 Å². The summed E-state index contributed by atoms with van der Waals surface area (Å²) in [5.41, 5.74) is 1.61. The van der Waals surface area contributed by atoms with Gasteiger partial charge in [0.1, 0.15) is 0 Å². The first kappa shape index (κ1) is 14.7. The summed E-state index contributed by atoms with van der Waals surface area (Å²) < 4.78 is 26.0. The predicted molar refractivity (Wildman–Crippen MR) is 80.1 cm³/mol. The molecule has 1 unspecified atom stereocenters. The van der Waals surface area contributed by atoms with E-state index >= 15 is 0 Å². The van der Waals surface area contributed by atoms with E-state index in [1.165, 1.54) is 26.2 Å². The molecular weight excluding hydrogens is 274 g/mol. The molecule has 0 radical (unpaired) electrons. The molecule has 1 atom stereocenters. The lowest BCUT2D eigenvalue weighted by atomic mass is 10.1. The van der Waals surface area contributed by atoms with Crippen LogP contribution in [-0.2, 0) is 10.0 Å². The van der Waals surface area contributed by atoms with Crippen molar-refractivity contribution in [2.24, 2.45) is 0 Å². The molecule has 0 bridgehead atoms. The number of sulfonamides is 1. The molecule has 0 spiro atoms. The third-order valence-corrected chi connectivity index (χ3v) is 5.05. The predicted octanol–water partition coefficient (Wildman–Crippen LogP) is 2.33. The molecular formula is C14H19N3O2S. The summed E-state index contributed by atoms with van der Waals surface area (Å²) in [4.78, 5) is 2.31. The van der Waals surface area contributed by atoms with Crippen molar-refractivity contribution in [1.29, 1.82) is 5.26 Å². The molecule has 0 saturated carbocycles. The lowest BCUT2D eigenvalue weighted by Gasteiger charge is -2.28. The van der Waals surface area contributed by atoms with E-state index in [1.807, 2.05) is 12.1 Å². The monoisotopic (exact) mass is 293 g/mol. The number of nitrogens with zero attached hydrogens (tertiary/aromatic N) is 2. The molecule has 108 valence electrons. The normalized spacial score (nSPS) is 17.3. The summed E-state index contributed by atoms with van der Waals surface area (Å²) in [6.07, 6.45) is 3.68. The smallest absolute Gasteiger partial charge is 0.248 e. The maximum Gasteiger partial charge on any atom is 0.248 e. The Labute approximate surface area is 120 Å². The van der Waals surface area contributed by atoms with Crippen LogP contribution in [-0.4, -0.2) is 26.8 Å². The summed E-state index contributed by atoms with van der Waals surface area (Å²) in [6.45, 7) is 3.47. The van der Waals surface area contributed by atoms with Gasteiger partial charge in [0.25, 0.3) is 0 Å². The average molecular weight is 293 g/mol. The second-order valence-electron chi connectivity index (χ2n) is 5.01. The Kier molecular flexibility index (Phi) is 4.50. The molecule has 20 heavy (non-hydrogen) atoms. The highest BCUT2D eigenvalue weighted by atomic mass is 32.2. The summed E-state index contributed by atoms with van der Waals surface area (Å²) in [5, 5.41) is 7.62. The number of rotatable bonds is 4. The average Bonchev–Trinajstić information content (AvgIpc) is 2.47. The van der Waals surface area contributed by atoms with Crippen molar-refractivity contribution >= 4 is 21.4 Å². The number of piperidine rings is 1. The highest BCUT2D eigenvalue weighted by Gasteiger charge is 2.20. The van der Waals surface area contributed by atoms with Gasteiger partial charge in [0.05, 0.1) is 6.07 Å². The molecule has 1 aromatic carbocycles. The van der Waals surface area contributed by atoms with Crippen LogP contribution in [0.4, 0.5) is 11.4 Å². The Morgan fingerprint density at radius 2 is 1.80 bits per heavy atom. The maximum absolute atomic E-state index is 11.8. The van der Waals surface area contributed by atoms with Crippen molar-refractivity contribution < 1.29 is 8.42 Å². The molecule has 1 saturated heterocycles. The molecule has 1 heterocycles. The summed E-state index contributed by atoms with van der Waals surface area (Å²) in [6, 6.07) is 9.05. The van der Waals surface area contributed by atoms with Gasteiger partial charge in [-0.05, 0) is 50.5 Å².